The van der Waals surface area contributed by atoms with E-state index in [1.54, 1.807) is 0 Å². The lowest BCUT2D eigenvalue weighted by atomic mass is 9.87. The van der Waals surface area contributed by atoms with Crippen LogP contribution >= 0.6 is 23.8 Å². The number of aromatic amines is 1. The van der Waals surface area contributed by atoms with Crippen molar-refractivity contribution < 1.29 is 0 Å². The Hall–Kier alpha value is -0.800. The van der Waals surface area contributed by atoms with Gasteiger partial charge < -0.3 is 9.55 Å². The lowest BCUT2D eigenvalue weighted by Crippen LogP contribution is -2.17. The van der Waals surface area contributed by atoms with Crippen LogP contribution in [0.4, 0.5) is 0 Å². The number of nitrogens with zero attached hydrogens (tertiary/aromatic N) is 1. The van der Waals surface area contributed by atoms with Crippen molar-refractivity contribution in [3.8, 4) is 0 Å². The molecule has 96 valence electrons. The van der Waals surface area contributed by atoms with Gasteiger partial charge in [-0.2, -0.15) is 0 Å². The molecule has 1 fully saturated rings. The second-order valence-electron chi connectivity index (χ2n) is 5.36. The van der Waals surface area contributed by atoms with Crippen molar-refractivity contribution in [3.05, 3.63) is 28.0 Å². The lowest BCUT2D eigenvalue weighted by Gasteiger charge is -2.28. The van der Waals surface area contributed by atoms with Gasteiger partial charge in [0.15, 0.2) is 4.77 Å². The molecule has 4 heteroatoms. The molecule has 2 unspecified atom stereocenters. The first-order valence-corrected chi connectivity index (χ1v) is 7.34. The zero-order valence-corrected chi connectivity index (χ0v) is 12.0. The molecule has 3 rings (SSSR count). The molecular weight excluding hydrogens is 264 g/mol. The number of rotatable bonds is 1. The monoisotopic (exact) mass is 280 g/mol. The Labute approximate surface area is 117 Å². The molecule has 1 N–H and O–H groups in total. The predicted molar refractivity (Wildman–Crippen MR) is 78.8 cm³/mol. The van der Waals surface area contributed by atoms with Crippen LogP contribution in [-0.4, -0.2) is 9.55 Å². The molecule has 2 aromatic rings. The summed E-state index contributed by atoms with van der Waals surface area (Å²) in [6.45, 7) is 2.33. The molecule has 0 spiro atoms. The molecule has 2 nitrogen and oxygen atoms in total. The normalized spacial score (nSPS) is 24.6. The number of hydrogen-bond donors (Lipinski definition) is 1. The molecule has 1 saturated carbocycles. The van der Waals surface area contributed by atoms with Crippen LogP contribution in [0.15, 0.2) is 18.2 Å². The highest BCUT2D eigenvalue weighted by molar-refractivity contribution is 7.71. The molecule has 2 atom stereocenters. The van der Waals surface area contributed by atoms with Crippen LogP contribution in [0.3, 0.4) is 0 Å². The maximum absolute atomic E-state index is 6.22. The molecule has 1 aromatic heterocycles. The van der Waals surface area contributed by atoms with Crippen molar-refractivity contribution in [2.75, 3.05) is 0 Å². The van der Waals surface area contributed by atoms with Crippen LogP contribution in [-0.2, 0) is 0 Å². The van der Waals surface area contributed by atoms with E-state index in [2.05, 4.69) is 22.5 Å². The van der Waals surface area contributed by atoms with Gasteiger partial charge in [-0.15, -0.1) is 0 Å². The van der Waals surface area contributed by atoms with E-state index in [0.29, 0.717) is 6.04 Å². The largest absolute Gasteiger partial charge is 0.329 e. The molecule has 0 bridgehead atoms. The van der Waals surface area contributed by atoms with Crippen LogP contribution in [0.2, 0.25) is 5.02 Å². The number of imidazole rings is 1. The van der Waals surface area contributed by atoms with Crippen molar-refractivity contribution in [2.24, 2.45) is 5.92 Å². The van der Waals surface area contributed by atoms with Gasteiger partial charge in [0, 0.05) is 6.04 Å². The molecule has 0 saturated heterocycles. The summed E-state index contributed by atoms with van der Waals surface area (Å²) in [7, 11) is 0. The minimum Gasteiger partial charge on any atom is -0.329 e. The molecule has 1 aliphatic carbocycles. The Morgan fingerprint density at radius 3 is 3.00 bits per heavy atom. The summed E-state index contributed by atoms with van der Waals surface area (Å²) >= 11 is 11.7. The highest BCUT2D eigenvalue weighted by Crippen LogP contribution is 2.35. The molecule has 1 aliphatic rings. The third-order valence-electron chi connectivity index (χ3n) is 3.98. The topological polar surface area (TPSA) is 20.7 Å². The Bertz CT molecular complexity index is 628. The van der Waals surface area contributed by atoms with Crippen LogP contribution in [0.5, 0.6) is 0 Å². The summed E-state index contributed by atoms with van der Waals surface area (Å²) in [5.74, 6) is 0.787. The first-order chi connectivity index (χ1) is 8.66. The number of halogens is 1. The number of para-hydroxylation sites is 1. The molecule has 0 radical (unpaired) electrons. The molecular formula is C14H17ClN2S. The first kappa shape index (κ1) is 12.2. The fraction of sp³-hybridized carbons (Fsp3) is 0.500. The van der Waals surface area contributed by atoms with Crippen LogP contribution in [0.25, 0.3) is 11.0 Å². The summed E-state index contributed by atoms with van der Waals surface area (Å²) in [5.41, 5.74) is 2.12. The molecule has 18 heavy (non-hydrogen) atoms. The van der Waals surface area contributed by atoms with Crippen molar-refractivity contribution in [1.29, 1.82) is 0 Å². The summed E-state index contributed by atoms with van der Waals surface area (Å²) in [6.07, 6.45) is 5.07. The third kappa shape index (κ3) is 1.99. The summed E-state index contributed by atoms with van der Waals surface area (Å²) in [6, 6.07) is 6.53. The van der Waals surface area contributed by atoms with Gasteiger partial charge in [-0.05, 0) is 43.1 Å². The molecule has 0 amide bonds. The number of hydrogen-bond acceptors (Lipinski definition) is 1. The number of nitrogens with one attached hydrogen (secondary N) is 1. The number of H-pyrrole nitrogens is 1. The van der Waals surface area contributed by atoms with Gasteiger partial charge in [-0.1, -0.05) is 37.4 Å². The quantitative estimate of drug-likeness (QED) is 0.721. The SMILES string of the molecule is CC1CCCC(n2c(=S)[nH]c3c(Cl)cccc32)C1. The lowest BCUT2D eigenvalue weighted by molar-refractivity contribution is 0.285. The second kappa shape index (κ2) is 4.71. The smallest absolute Gasteiger partial charge is 0.178 e. The number of benzene rings is 1. The number of fused-ring (bicyclic) bond motifs is 1. The number of aromatic nitrogens is 2. The third-order valence-corrected chi connectivity index (χ3v) is 4.59. The standard InChI is InChI=1S/C14H17ClN2S/c1-9-4-2-5-10(8-9)17-12-7-3-6-11(15)13(12)16-14(17)18/h3,6-7,9-10H,2,4-5,8H2,1H3,(H,16,18). The zero-order valence-electron chi connectivity index (χ0n) is 10.4. The van der Waals surface area contributed by atoms with E-state index < -0.39 is 0 Å². The van der Waals surface area contributed by atoms with E-state index in [1.807, 2.05) is 12.1 Å². The van der Waals surface area contributed by atoms with E-state index in [4.69, 9.17) is 23.8 Å². The van der Waals surface area contributed by atoms with E-state index in [9.17, 15) is 0 Å². The fourth-order valence-corrected chi connectivity index (χ4v) is 3.68. The van der Waals surface area contributed by atoms with Crippen molar-refractivity contribution in [3.63, 3.8) is 0 Å². The molecule has 0 aliphatic heterocycles. The minimum absolute atomic E-state index is 0.522. The summed E-state index contributed by atoms with van der Waals surface area (Å²) < 4.78 is 3.07. The van der Waals surface area contributed by atoms with Crippen molar-refractivity contribution in [1.82, 2.24) is 9.55 Å². The second-order valence-corrected chi connectivity index (χ2v) is 6.15. The molecule has 1 heterocycles. The van der Waals surface area contributed by atoms with Gasteiger partial charge in [0.05, 0.1) is 16.1 Å². The van der Waals surface area contributed by atoms with E-state index >= 15 is 0 Å². The van der Waals surface area contributed by atoms with Gasteiger partial charge in [-0.25, -0.2) is 0 Å². The average Bonchev–Trinajstić information content (AvgIpc) is 2.67. The van der Waals surface area contributed by atoms with E-state index in [-0.39, 0.29) is 0 Å². The van der Waals surface area contributed by atoms with Crippen molar-refractivity contribution >= 4 is 34.9 Å². The van der Waals surface area contributed by atoms with Crippen LogP contribution in [0, 0.1) is 10.7 Å². The van der Waals surface area contributed by atoms with E-state index in [1.165, 1.54) is 25.7 Å². The van der Waals surface area contributed by atoms with Crippen LogP contribution in [0.1, 0.15) is 38.6 Å². The Balaban J connectivity index is 2.14. The van der Waals surface area contributed by atoms with Crippen molar-refractivity contribution in [2.45, 2.75) is 38.6 Å². The van der Waals surface area contributed by atoms with Crippen LogP contribution < -0.4 is 0 Å². The van der Waals surface area contributed by atoms with Gasteiger partial charge in [0.2, 0.25) is 0 Å². The summed E-state index contributed by atoms with van der Waals surface area (Å²) in [4.78, 5) is 3.25. The Kier molecular flexibility index (Phi) is 3.20. The predicted octanol–water partition coefficient (Wildman–Crippen LogP) is 5.10. The Morgan fingerprint density at radius 1 is 1.39 bits per heavy atom. The fourth-order valence-electron chi connectivity index (χ4n) is 3.11. The maximum atomic E-state index is 6.22. The highest BCUT2D eigenvalue weighted by Gasteiger charge is 2.22. The van der Waals surface area contributed by atoms with E-state index in [0.717, 1.165) is 26.7 Å². The van der Waals surface area contributed by atoms with Gasteiger partial charge >= 0.3 is 0 Å². The minimum atomic E-state index is 0.522. The highest BCUT2D eigenvalue weighted by atomic mass is 35.5. The van der Waals surface area contributed by atoms with Gasteiger partial charge in [-0.3, -0.25) is 0 Å². The summed E-state index contributed by atoms with van der Waals surface area (Å²) in [5, 5.41) is 0.751. The average molecular weight is 281 g/mol. The Morgan fingerprint density at radius 2 is 2.22 bits per heavy atom. The van der Waals surface area contributed by atoms with Gasteiger partial charge in [0.1, 0.15) is 0 Å². The first-order valence-electron chi connectivity index (χ1n) is 6.55. The van der Waals surface area contributed by atoms with Gasteiger partial charge in [0.25, 0.3) is 0 Å². The zero-order chi connectivity index (χ0) is 12.7. The maximum Gasteiger partial charge on any atom is 0.178 e. The molecule has 1 aromatic carbocycles.